The maximum Gasteiger partial charge on any atom is 0.198 e. The summed E-state index contributed by atoms with van der Waals surface area (Å²) < 4.78 is 17.6. The van der Waals surface area contributed by atoms with Gasteiger partial charge in [-0.15, -0.1) is 12.3 Å². The van der Waals surface area contributed by atoms with Crippen molar-refractivity contribution in [2.45, 2.75) is 6.42 Å². The van der Waals surface area contributed by atoms with Crippen molar-refractivity contribution in [3.05, 3.63) is 60.2 Å². The summed E-state index contributed by atoms with van der Waals surface area (Å²) in [6.07, 6.45) is 5.96. The Morgan fingerprint density at radius 2 is 1.42 bits per heavy atom. The number of hydrogen-bond acceptors (Lipinski definition) is 2. The van der Waals surface area contributed by atoms with Crippen LogP contribution >= 0.6 is 0 Å². The van der Waals surface area contributed by atoms with Gasteiger partial charge in [0, 0.05) is 6.42 Å². The highest BCUT2D eigenvalue weighted by Crippen LogP contribution is 2.19. The van der Waals surface area contributed by atoms with Gasteiger partial charge in [-0.1, -0.05) is 54.6 Å². The average molecular weight is 273 g/mol. The van der Waals surface area contributed by atoms with E-state index in [2.05, 4.69) is 47.5 Å². The lowest BCUT2D eigenvalue weighted by atomic mass is 10.0. The van der Waals surface area contributed by atoms with Gasteiger partial charge >= 0.3 is 0 Å². The molecule has 0 aliphatic heterocycles. The Morgan fingerprint density at radius 3 is 1.89 bits per heavy atom. The zero-order valence-electron chi connectivity index (χ0n) is 10.3. The van der Waals surface area contributed by atoms with Crippen molar-refractivity contribution in [2.24, 2.45) is 5.14 Å². The van der Waals surface area contributed by atoms with E-state index in [0.717, 1.165) is 0 Å². The summed E-state index contributed by atoms with van der Waals surface area (Å²) in [5.41, 5.74) is 3.67. The van der Waals surface area contributed by atoms with Crippen molar-refractivity contribution in [3.63, 3.8) is 0 Å². The van der Waals surface area contributed by atoms with Gasteiger partial charge in [0.2, 0.25) is 0 Å². The molecule has 0 heterocycles. The quantitative estimate of drug-likeness (QED) is 0.649. The molecule has 0 atom stereocenters. The normalized spacial score (nSPS) is 9.32. The van der Waals surface area contributed by atoms with Crippen LogP contribution in [0.1, 0.15) is 5.56 Å². The third kappa shape index (κ3) is 5.87. The van der Waals surface area contributed by atoms with Crippen LogP contribution in [0.5, 0.6) is 0 Å². The Morgan fingerprint density at radius 1 is 0.947 bits per heavy atom. The molecule has 2 aromatic rings. The molecule has 0 spiro atoms. The summed E-state index contributed by atoms with van der Waals surface area (Å²) >= 11 is 0. The van der Waals surface area contributed by atoms with Gasteiger partial charge in [-0.2, -0.15) is 0 Å². The second-order valence-electron chi connectivity index (χ2n) is 3.73. The van der Waals surface area contributed by atoms with Crippen LogP contribution in [-0.2, 0) is 17.3 Å². The Labute approximate surface area is 115 Å². The van der Waals surface area contributed by atoms with Crippen molar-refractivity contribution in [1.29, 1.82) is 0 Å². The lowest BCUT2D eigenvalue weighted by molar-refractivity contribution is 0.616. The van der Waals surface area contributed by atoms with E-state index < -0.39 is 10.9 Å². The number of rotatable bonds is 2. The molecule has 2 rings (SSSR count). The number of benzene rings is 2. The highest BCUT2D eigenvalue weighted by atomic mass is 32.2. The molecule has 2 N–H and O–H groups in total. The van der Waals surface area contributed by atoms with Crippen LogP contribution in [0.3, 0.4) is 0 Å². The van der Waals surface area contributed by atoms with E-state index in [-0.39, 0.29) is 0 Å². The van der Waals surface area contributed by atoms with E-state index in [1.165, 1.54) is 16.7 Å². The van der Waals surface area contributed by atoms with E-state index in [1.807, 2.05) is 18.2 Å². The van der Waals surface area contributed by atoms with Crippen LogP contribution in [0, 0.1) is 12.3 Å². The first kappa shape index (κ1) is 15.0. The van der Waals surface area contributed by atoms with E-state index in [1.54, 1.807) is 0 Å². The molecular weight excluding hydrogens is 258 g/mol. The van der Waals surface area contributed by atoms with Gasteiger partial charge in [-0.3, -0.25) is 0 Å². The van der Waals surface area contributed by atoms with E-state index in [0.29, 0.717) is 6.42 Å². The molecule has 0 saturated carbocycles. The summed E-state index contributed by atoms with van der Waals surface area (Å²) in [6.45, 7) is 0. The maximum atomic E-state index is 8.81. The highest BCUT2D eigenvalue weighted by Gasteiger charge is 1.95. The molecule has 98 valence electrons. The molecule has 0 fully saturated rings. The molecule has 19 heavy (non-hydrogen) atoms. The van der Waals surface area contributed by atoms with Crippen LogP contribution in [-0.4, -0.2) is 8.42 Å². The minimum atomic E-state index is -2.62. The second kappa shape index (κ2) is 8.09. The van der Waals surface area contributed by atoms with Gasteiger partial charge in [0.05, 0.1) is 0 Å². The van der Waals surface area contributed by atoms with E-state index in [9.17, 15) is 0 Å². The third-order valence-electron chi connectivity index (χ3n) is 2.37. The van der Waals surface area contributed by atoms with Gasteiger partial charge in [0.25, 0.3) is 0 Å². The molecule has 0 saturated heterocycles. The Kier molecular flexibility index (Phi) is 6.37. The summed E-state index contributed by atoms with van der Waals surface area (Å²) in [6, 6.07) is 18.7. The molecule has 0 radical (unpaired) electrons. The molecule has 0 unspecified atom stereocenters. The van der Waals surface area contributed by atoms with E-state index >= 15 is 0 Å². The molecule has 0 amide bonds. The zero-order chi connectivity index (χ0) is 14.1. The monoisotopic (exact) mass is 273 g/mol. The molecule has 0 aliphatic rings. The van der Waals surface area contributed by atoms with Crippen LogP contribution in [0.2, 0.25) is 0 Å². The maximum absolute atomic E-state index is 8.81. The van der Waals surface area contributed by atoms with Gasteiger partial charge < -0.3 is 0 Å². The summed E-state index contributed by atoms with van der Waals surface area (Å²) in [4.78, 5) is 0. The minimum absolute atomic E-state index is 0.703. The smallest absolute Gasteiger partial charge is 0.198 e. The molecule has 2 aromatic carbocycles. The second-order valence-corrected chi connectivity index (χ2v) is 4.30. The van der Waals surface area contributed by atoms with Gasteiger partial charge in [0.1, 0.15) is 0 Å². The van der Waals surface area contributed by atoms with Crippen LogP contribution in [0.25, 0.3) is 11.1 Å². The third-order valence-corrected chi connectivity index (χ3v) is 2.37. The minimum Gasteiger partial charge on any atom is -0.231 e. The topological polar surface area (TPSA) is 60.2 Å². The molecule has 0 aromatic heterocycles. The highest BCUT2D eigenvalue weighted by molar-refractivity contribution is 7.69. The van der Waals surface area contributed by atoms with Crippen molar-refractivity contribution < 1.29 is 8.42 Å². The predicted molar refractivity (Wildman–Crippen MR) is 78.9 cm³/mol. The number of terminal acetylenes is 1. The summed E-state index contributed by atoms with van der Waals surface area (Å²) in [5, 5.41) is 4.06. The number of nitrogens with two attached hydrogens (primary N) is 1. The van der Waals surface area contributed by atoms with Gasteiger partial charge in [-0.05, 0) is 16.7 Å². The lowest BCUT2D eigenvalue weighted by Crippen LogP contribution is -1.85. The SMILES string of the molecule is C#CCc1ccc(-c2ccccc2)cc1.N[SH](=O)=O. The molecule has 0 aliphatic carbocycles. The van der Waals surface area contributed by atoms with Crippen molar-refractivity contribution in [2.75, 3.05) is 0 Å². The van der Waals surface area contributed by atoms with Crippen LogP contribution in [0.15, 0.2) is 54.6 Å². The fourth-order valence-corrected chi connectivity index (χ4v) is 1.56. The zero-order valence-corrected chi connectivity index (χ0v) is 11.2. The molecule has 4 heteroatoms. The van der Waals surface area contributed by atoms with Crippen LogP contribution < -0.4 is 5.14 Å². The largest absolute Gasteiger partial charge is 0.231 e. The Bertz CT molecular complexity index is 603. The van der Waals surface area contributed by atoms with Gasteiger partial charge in [-0.25, -0.2) is 13.6 Å². The van der Waals surface area contributed by atoms with Crippen molar-refractivity contribution >= 4 is 10.9 Å². The van der Waals surface area contributed by atoms with E-state index in [4.69, 9.17) is 14.8 Å². The lowest BCUT2D eigenvalue weighted by Gasteiger charge is -2.02. The summed E-state index contributed by atoms with van der Waals surface area (Å²) in [7, 11) is -2.62. The fraction of sp³-hybridized carbons (Fsp3) is 0.0667. The summed E-state index contributed by atoms with van der Waals surface area (Å²) in [5.74, 6) is 2.64. The molecule has 3 nitrogen and oxygen atoms in total. The molecular formula is C15H15NO2S. The van der Waals surface area contributed by atoms with Gasteiger partial charge in [0.15, 0.2) is 10.9 Å². The number of thiol groups is 1. The standard InChI is InChI=1S/C15H12.H3NO2S/c1-2-6-13-9-11-15(12-10-13)14-7-4-3-5-8-14;1-4(2)3/h1,3-5,7-12H,6H2;4H,(H2,1,2,3). The first-order chi connectivity index (χ1) is 9.13. The predicted octanol–water partition coefficient (Wildman–Crippen LogP) is 2.00. The molecule has 0 bridgehead atoms. The van der Waals surface area contributed by atoms with Crippen molar-refractivity contribution in [3.8, 4) is 23.5 Å². The van der Waals surface area contributed by atoms with Crippen molar-refractivity contribution in [1.82, 2.24) is 0 Å². The Hall–Kier alpha value is -2.09. The Balaban J connectivity index is 0.000000399. The first-order valence-electron chi connectivity index (χ1n) is 5.60. The fourth-order valence-electron chi connectivity index (χ4n) is 1.56. The number of hydrogen-bond donors (Lipinski definition) is 2. The first-order valence-corrected chi connectivity index (χ1v) is 6.85. The average Bonchev–Trinajstić information content (AvgIpc) is 2.40. The van der Waals surface area contributed by atoms with Crippen LogP contribution in [0.4, 0.5) is 0 Å².